The van der Waals surface area contributed by atoms with E-state index in [1.54, 1.807) is 23.1 Å². The summed E-state index contributed by atoms with van der Waals surface area (Å²) in [5.41, 5.74) is 3.79. The van der Waals surface area contributed by atoms with Gasteiger partial charge >= 0.3 is 12.0 Å². The summed E-state index contributed by atoms with van der Waals surface area (Å²) in [6.45, 7) is 0.454. The highest BCUT2D eigenvalue weighted by Gasteiger charge is 2.36. The Morgan fingerprint density at radius 1 is 1.03 bits per heavy atom. The zero-order chi connectivity index (χ0) is 22.5. The first-order valence-corrected chi connectivity index (χ1v) is 10.7. The molecule has 1 aliphatic heterocycles. The first kappa shape index (κ1) is 21.7. The molecule has 4 rings (SSSR count). The van der Waals surface area contributed by atoms with Gasteiger partial charge in [-0.2, -0.15) is 0 Å². The van der Waals surface area contributed by atoms with Crippen LogP contribution in [0.15, 0.2) is 72.8 Å². The van der Waals surface area contributed by atoms with Crippen molar-refractivity contribution in [1.82, 2.24) is 10.2 Å². The number of carbonyl (C=O) groups excluding carboxylic acids is 1. The summed E-state index contributed by atoms with van der Waals surface area (Å²) in [5.74, 6) is -0.686. The van der Waals surface area contributed by atoms with Crippen molar-refractivity contribution in [3.05, 3.63) is 100 Å². The third kappa shape index (κ3) is 4.86. The van der Waals surface area contributed by atoms with Crippen molar-refractivity contribution in [3.63, 3.8) is 0 Å². The zero-order valence-corrected chi connectivity index (χ0v) is 18.1. The van der Waals surface area contributed by atoms with E-state index < -0.39 is 18.6 Å². The number of carboxylic acids is 1. The summed E-state index contributed by atoms with van der Waals surface area (Å²) in [7, 11) is 0. The molecule has 0 fully saturated rings. The minimum Gasteiger partial charge on any atom is -0.482 e. The number of urea groups is 1. The molecule has 3 aromatic carbocycles. The lowest BCUT2D eigenvalue weighted by molar-refractivity contribution is -0.139. The largest absolute Gasteiger partial charge is 0.482 e. The van der Waals surface area contributed by atoms with Crippen LogP contribution in [-0.4, -0.2) is 35.2 Å². The van der Waals surface area contributed by atoms with Crippen molar-refractivity contribution >= 4 is 23.6 Å². The normalized spacial score (nSPS) is 14.7. The summed E-state index contributed by atoms with van der Waals surface area (Å²) in [5, 5.41) is 12.5. The molecule has 1 unspecified atom stereocenters. The lowest BCUT2D eigenvalue weighted by Gasteiger charge is -2.27. The molecular formula is C25H23ClN2O4. The smallest absolute Gasteiger partial charge is 0.341 e. The Labute approximate surface area is 191 Å². The fraction of sp³-hybridized carbons (Fsp3) is 0.200. The van der Waals surface area contributed by atoms with Crippen LogP contribution in [0.1, 0.15) is 28.3 Å². The molecule has 0 saturated carbocycles. The first-order chi connectivity index (χ1) is 15.5. The second-order valence-electron chi connectivity index (χ2n) is 7.56. The van der Waals surface area contributed by atoms with Crippen LogP contribution in [-0.2, 0) is 17.8 Å². The maximum Gasteiger partial charge on any atom is 0.341 e. The van der Waals surface area contributed by atoms with Crippen LogP contribution in [0.3, 0.4) is 0 Å². The van der Waals surface area contributed by atoms with Gasteiger partial charge in [-0.1, -0.05) is 66.2 Å². The van der Waals surface area contributed by atoms with Crippen molar-refractivity contribution in [2.75, 3.05) is 13.2 Å². The Morgan fingerprint density at radius 2 is 1.78 bits per heavy atom. The van der Waals surface area contributed by atoms with Gasteiger partial charge in [0.15, 0.2) is 6.61 Å². The van der Waals surface area contributed by atoms with E-state index in [2.05, 4.69) is 5.32 Å². The molecule has 6 nitrogen and oxygen atoms in total. The Kier molecular flexibility index (Phi) is 6.61. The van der Waals surface area contributed by atoms with E-state index in [1.165, 1.54) is 0 Å². The van der Waals surface area contributed by atoms with Gasteiger partial charge < -0.3 is 20.1 Å². The van der Waals surface area contributed by atoms with Crippen LogP contribution in [0.4, 0.5) is 4.79 Å². The average Bonchev–Trinajstić information content (AvgIpc) is 3.18. The number of nitrogens with zero attached hydrogens (tertiary/aromatic N) is 1. The van der Waals surface area contributed by atoms with Crippen molar-refractivity contribution in [2.45, 2.75) is 19.0 Å². The Balaban J connectivity index is 1.60. The van der Waals surface area contributed by atoms with Gasteiger partial charge in [0.05, 0.1) is 6.04 Å². The SMILES string of the molecule is O=C(O)COc1ccc(Cl)cc1C1c2ccccc2CN1C(=O)NCCc1ccccc1. The molecule has 1 heterocycles. The number of hydrogen-bond acceptors (Lipinski definition) is 3. The standard InChI is InChI=1S/C25H23ClN2O4/c26-19-10-11-22(32-16-23(29)30)21(14-19)24-20-9-5-4-8-18(20)15-28(24)25(31)27-13-12-17-6-2-1-3-7-17/h1-11,14,24H,12-13,15-16H2,(H,27,31)(H,29,30). The van der Waals surface area contributed by atoms with E-state index in [1.807, 2.05) is 54.6 Å². The number of amides is 2. The molecule has 1 atom stereocenters. The average molecular weight is 451 g/mol. The number of fused-ring (bicyclic) bond motifs is 1. The third-order valence-corrected chi connectivity index (χ3v) is 5.65. The quantitative estimate of drug-likeness (QED) is 0.548. The van der Waals surface area contributed by atoms with Crippen LogP contribution < -0.4 is 10.1 Å². The Morgan fingerprint density at radius 3 is 2.56 bits per heavy atom. The Hall–Kier alpha value is -3.51. The topological polar surface area (TPSA) is 78.9 Å². The highest BCUT2D eigenvalue weighted by atomic mass is 35.5. The van der Waals surface area contributed by atoms with Gasteiger partial charge in [0.1, 0.15) is 5.75 Å². The summed E-state index contributed by atoms with van der Waals surface area (Å²) in [6.07, 6.45) is 0.724. The molecular weight excluding hydrogens is 428 g/mol. The maximum absolute atomic E-state index is 13.2. The van der Waals surface area contributed by atoms with Gasteiger partial charge in [-0.15, -0.1) is 0 Å². The summed E-state index contributed by atoms with van der Waals surface area (Å²) in [4.78, 5) is 26.0. The molecule has 0 aromatic heterocycles. The molecule has 7 heteroatoms. The molecule has 32 heavy (non-hydrogen) atoms. The summed E-state index contributed by atoms with van der Waals surface area (Å²) < 4.78 is 5.53. The van der Waals surface area contributed by atoms with E-state index in [-0.39, 0.29) is 6.03 Å². The van der Waals surface area contributed by atoms with Crippen molar-refractivity contribution in [1.29, 1.82) is 0 Å². The zero-order valence-electron chi connectivity index (χ0n) is 17.3. The molecule has 0 spiro atoms. The van der Waals surface area contributed by atoms with E-state index >= 15 is 0 Å². The fourth-order valence-electron chi connectivity index (χ4n) is 3.98. The van der Waals surface area contributed by atoms with E-state index in [0.29, 0.717) is 29.4 Å². The molecule has 164 valence electrons. The molecule has 0 radical (unpaired) electrons. The van der Waals surface area contributed by atoms with Crippen LogP contribution in [0.5, 0.6) is 5.75 Å². The molecule has 0 aliphatic carbocycles. The predicted octanol–water partition coefficient (Wildman–Crippen LogP) is 4.66. The van der Waals surface area contributed by atoms with Crippen LogP contribution in [0.25, 0.3) is 0 Å². The molecule has 2 N–H and O–H groups in total. The maximum atomic E-state index is 13.2. The molecule has 2 amide bonds. The van der Waals surface area contributed by atoms with E-state index in [0.717, 1.165) is 23.1 Å². The van der Waals surface area contributed by atoms with Crippen molar-refractivity contribution in [2.24, 2.45) is 0 Å². The van der Waals surface area contributed by atoms with Crippen molar-refractivity contribution in [3.8, 4) is 5.75 Å². The fourth-order valence-corrected chi connectivity index (χ4v) is 4.16. The number of hydrogen-bond donors (Lipinski definition) is 2. The number of carbonyl (C=O) groups is 2. The van der Waals surface area contributed by atoms with Gasteiger partial charge in [0.2, 0.25) is 0 Å². The molecule has 0 saturated heterocycles. The van der Waals surface area contributed by atoms with Gasteiger partial charge in [0.25, 0.3) is 0 Å². The monoisotopic (exact) mass is 450 g/mol. The third-order valence-electron chi connectivity index (χ3n) is 5.41. The number of benzene rings is 3. The molecule has 0 bridgehead atoms. The van der Waals surface area contributed by atoms with Crippen LogP contribution in [0.2, 0.25) is 5.02 Å². The van der Waals surface area contributed by atoms with E-state index in [9.17, 15) is 9.59 Å². The minimum absolute atomic E-state index is 0.203. The minimum atomic E-state index is -1.08. The van der Waals surface area contributed by atoms with Crippen LogP contribution >= 0.6 is 11.6 Å². The predicted molar refractivity (Wildman–Crippen MR) is 122 cm³/mol. The first-order valence-electron chi connectivity index (χ1n) is 10.3. The molecule has 3 aromatic rings. The lowest BCUT2D eigenvalue weighted by atomic mass is 9.97. The number of ether oxygens (including phenoxy) is 1. The number of halogens is 1. The summed E-state index contributed by atoms with van der Waals surface area (Å²) >= 11 is 6.27. The highest BCUT2D eigenvalue weighted by Crippen LogP contribution is 2.42. The van der Waals surface area contributed by atoms with Gasteiger partial charge in [-0.05, 0) is 41.3 Å². The van der Waals surface area contributed by atoms with Gasteiger partial charge in [-0.3, -0.25) is 0 Å². The van der Waals surface area contributed by atoms with Crippen molar-refractivity contribution < 1.29 is 19.4 Å². The number of carboxylic acid groups (broad SMARTS) is 1. The second-order valence-corrected chi connectivity index (χ2v) is 8.00. The second kappa shape index (κ2) is 9.75. The molecule has 1 aliphatic rings. The number of aliphatic carboxylic acids is 1. The van der Waals surface area contributed by atoms with Gasteiger partial charge in [-0.25, -0.2) is 9.59 Å². The number of rotatable bonds is 7. The summed E-state index contributed by atoms with van der Waals surface area (Å²) in [6, 6.07) is 22.2. The van der Waals surface area contributed by atoms with Crippen LogP contribution in [0, 0.1) is 0 Å². The number of nitrogens with one attached hydrogen (secondary N) is 1. The van der Waals surface area contributed by atoms with E-state index in [4.69, 9.17) is 21.4 Å². The highest BCUT2D eigenvalue weighted by molar-refractivity contribution is 6.30. The van der Waals surface area contributed by atoms with Gasteiger partial charge in [0, 0.05) is 23.7 Å². The lowest BCUT2D eigenvalue weighted by Crippen LogP contribution is -2.40. The Bertz CT molecular complexity index is 1120.